The van der Waals surface area contributed by atoms with E-state index < -0.39 is 0 Å². The molecule has 3 aromatic heterocycles. The van der Waals surface area contributed by atoms with E-state index in [1.165, 1.54) is 44.3 Å². The lowest BCUT2D eigenvalue weighted by atomic mass is 9.64. The molecule has 1 aliphatic rings. The Balaban J connectivity index is 1.30. The van der Waals surface area contributed by atoms with Crippen molar-refractivity contribution in [2.45, 2.75) is 74.7 Å². The van der Waals surface area contributed by atoms with Gasteiger partial charge in [0, 0.05) is 46.3 Å². The molecule has 5 heteroatoms. The van der Waals surface area contributed by atoms with Crippen LogP contribution in [0.1, 0.15) is 75.5 Å². The molecule has 7 rings (SSSR count). The Morgan fingerprint density at radius 2 is 1.51 bits per heavy atom. The molecule has 0 bridgehead atoms. The molecule has 1 unspecified atom stereocenters. The van der Waals surface area contributed by atoms with Crippen LogP contribution < -0.4 is 4.74 Å². The van der Waals surface area contributed by atoms with Gasteiger partial charge in [0.2, 0.25) is 0 Å². The second-order valence-electron chi connectivity index (χ2n) is 13.9. The molecule has 3 heterocycles. The molecule has 0 aliphatic heterocycles. The second-order valence-corrected chi connectivity index (χ2v) is 13.9. The van der Waals surface area contributed by atoms with Crippen molar-refractivity contribution < 1.29 is 4.74 Å². The fourth-order valence-electron chi connectivity index (χ4n) is 8.06. The third-order valence-electron chi connectivity index (χ3n) is 11.2. The van der Waals surface area contributed by atoms with E-state index in [1.54, 1.807) is 0 Å². The van der Waals surface area contributed by atoms with Gasteiger partial charge in [-0.1, -0.05) is 57.0 Å². The topological polar surface area (TPSA) is 44.9 Å². The monoisotopic (exact) mass is 622 g/mol. The van der Waals surface area contributed by atoms with Gasteiger partial charge in [-0.2, -0.15) is 5.10 Å². The smallest absolute Gasteiger partial charge is 0.137 e. The number of hydrogen-bond donors (Lipinski definition) is 0. The fourth-order valence-corrected chi connectivity index (χ4v) is 8.06. The van der Waals surface area contributed by atoms with E-state index in [4.69, 9.17) is 14.8 Å². The number of ether oxygens (including phenoxy) is 1. The minimum atomic E-state index is 0.376. The zero-order valence-electron chi connectivity index (χ0n) is 29.2. The van der Waals surface area contributed by atoms with Crippen molar-refractivity contribution >= 4 is 21.8 Å². The first-order valence-corrected chi connectivity index (χ1v) is 17.1. The summed E-state index contributed by atoms with van der Waals surface area (Å²) in [5.41, 5.74) is 12.4. The number of rotatable bonds is 6. The summed E-state index contributed by atoms with van der Waals surface area (Å²) in [6.07, 6.45) is 2.78. The van der Waals surface area contributed by atoms with Crippen molar-refractivity contribution in [3.8, 4) is 23.0 Å². The summed E-state index contributed by atoms with van der Waals surface area (Å²) in [6.45, 7) is 20.6. The van der Waals surface area contributed by atoms with Gasteiger partial charge in [-0.3, -0.25) is 4.57 Å². The standard InChI is InChI=1S/C42H46N4O/c1-10-32-20-33(46-31(9)42(30(8)44-46)41-28(6)26(4)25(3)27(5)29(41)7)22-35(21-32)47-34-15-16-37-36-13-11-12-14-38(36)45(39(37)23-34)40-19-24(2)17-18-43-40/h11-23,25-26,28,41H,10H2,1-9H3/t25?,26-,28-,41-/m0/s1. The highest BCUT2D eigenvalue weighted by Gasteiger charge is 2.38. The lowest BCUT2D eigenvalue weighted by molar-refractivity contribution is 0.256. The molecule has 0 amide bonds. The predicted molar refractivity (Wildman–Crippen MR) is 194 cm³/mol. The van der Waals surface area contributed by atoms with Crippen LogP contribution in [0.2, 0.25) is 0 Å². The van der Waals surface area contributed by atoms with Crippen molar-refractivity contribution in [1.29, 1.82) is 0 Å². The zero-order chi connectivity index (χ0) is 33.1. The molecule has 4 atom stereocenters. The Labute approximate surface area is 278 Å². The highest BCUT2D eigenvalue weighted by Crippen LogP contribution is 2.48. The van der Waals surface area contributed by atoms with Gasteiger partial charge in [0.05, 0.1) is 22.4 Å². The summed E-state index contributed by atoms with van der Waals surface area (Å²) < 4.78 is 11.1. The van der Waals surface area contributed by atoms with E-state index in [2.05, 4.69) is 138 Å². The van der Waals surface area contributed by atoms with Crippen LogP contribution in [0.15, 0.2) is 90.1 Å². The molecule has 0 saturated carbocycles. The summed E-state index contributed by atoms with van der Waals surface area (Å²) in [6, 6.07) is 25.6. The number of pyridine rings is 1. The molecule has 3 aromatic carbocycles. The molecular formula is C42H46N4O. The van der Waals surface area contributed by atoms with E-state index in [1.807, 2.05) is 12.3 Å². The van der Waals surface area contributed by atoms with Crippen molar-refractivity contribution in [2.24, 2.45) is 17.8 Å². The molecule has 0 N–H and O–H groups in total. The number of hydrogen-bond acceptors (Lipinski definition) is 3. The van der Waals surface area contributed by atoms with E-state index >= 15 is 0 Å². The summed E-state index contributed by atoms with van der Waals surface area (Å²) in [4.78, 5) is 4.75. The van der Waals surface area contributed by atoms with Crippen LogP contribution in [0.5, 0.6) is 11.5 Å². The van der Waals surface area contributed by atoms with Crippen molar-refractivity contribution in [3.05, 3.63) is 118 Å². The Kier molecular flexibility index (Phi) is 7.82. The molecule has 0 fully saturated rings. The van der Waals surface area contributed by atoms with Gasteiger partial charge in [0.15, 0.2) is 0 Å². The van der Waals surface area contributed by atoms with Gasteiger partial charge < -0.3 is 4.74 Å². The van der Waals surface area contributed by atoms with Gasteiger partial charge >= 0.3 is 0 Å². The number of allylic oxidation sites excluding steroid dienone is 2. The molecule has 47 heavy (non-hydrogen) atoms. The highest BCUT2D eigenvalue weighted by atomic mass is 16.5. The van der Waals surface area contributed by atoms with E-state index in [9.17, 15) is 0 Å². The first-order chi connectivity index (χ1) is 22.6. The zero-order valence-corrected chi connectivity index (χ0v) is 29.2. The third kappa shape index (κ3) is 5.17. The Morgan fingerprint density at radius 1 is 0.745 bits per heavy atom. The van der Waals surface area contributed by atoms with Crippen LogP contribution in [-0.4, -0.2) is 19.3 Å². The van der Waals surface area contributed by atoms with E-state index in [0.717, 1.165) is 46.2 Å². The number of para-hydroxylation sites is 1. The van der Waals surface area contributed by atoms with Gasteiger partial charge in [0.1, 0.15) is 17.3 Å². The Hall–Kier alpha value is -4.64. The summed E-state index contributed by atoms with van der Waals surface area (Å²) >= 11 is 0. The Bertz CT molecular complexity index is 2180. The maximum absolute atomic E-state index is 6.69. The minimum Gasteiger partial charge on any atom is -0.457 e. The molecule has 240 valence electrons. The molecular weight excluding hydrogens is 576 g/mol. The predicted octanol–water partition coefficient (Wildman–Crippen LogP) is 11.0. The van der Waals surface area contributed by atoms with E-state index in [0.29, 0.717) is 23.7 Å². The maximum atomic E-state index is 6.69. The summed E-state index contributed by atoms with van der Waals surface area (Å²) in [5, 5.41) is 7.54. The summed E-state index contributed by atoms with van der Waals surface area (Å²) in [5.74, 6) is 4.65. The molecule has 0 saturated heterocycles. The fraction of sp³-hybridized carbons (Fsp3) is 0.333. The Morgan fingerprint density at radius 3 is 2.28 bits per heavy atom. The lowest BCUT2D eigenvalue weighted by Gasteiger charge is -2.40. The van der Waals surface area contributed by atoms with Crippen LogP contribution >= 0.6 is 0 Å². The van der Waals surface area contributed by atoms with Crippen LogP contribution in [0.3, 0.4) is 0 Å². The number of aromatic nitrogens is 4. The van der Waals surface area contributed by atoms with Crippen LogP contribution in [-0.2, 0) is 6.42 Å². The SMILES string of the molecule is CCc1cc(Oc2ccc3c4ccccc4n(-c4cc(C)ccn4)c3c2)cc(-n2nc(C)c([C@@H]3C(C)=C(C)C(C)[C@H](C)[C@@H]3C)c2C)c1. The number of nitrogens with zero attached hydrogens (tertiary/aromatic N) is 4. The average Bonchev–Trinajstić information content (AvgIpc) is 3.55. The molecule has 0 radical (unpaired) electrons. The third-order valence-corrected chi connectivity index (χ3v) is 11.2. The van der Waals surface area contributed by atoms with Crippen LogP contribution in [0.4, 0.5) is 0 Å². The van der Waals surface area contributed by atoms with Crippen LogP contribution in [0.25, 0.3) is 33.3 Å². The minimum absolute atomic E-state index is 0.376. The normalized spacial score (nSPS) is 20.0. The number of fused-ring (bicyclic) bond motifs is 3. The quantitative estimate of drug-likeness (QED) is 0.174. The van der Waals surface area contributed by atoms with Gasteiger partial charge in [-0.05, 0) is 112 Å². The highest BCUT2D eigenvalue weighted by molar-refractivity contribution is 6.09. The average molecular weight is 623 g/mol. The van der Waals surface area contributed by atoms with Gasteiger partial charge in [-0.25, -0.2) is 9.67 Å². The van der Waals surface area contributed by atoms with E-state index in [-0.39, 0.29) is 0 Å². The molecule has 5 nitrogen and oxygen atoms in total. The maximum Gasteiger partial charge on any atom is 0.137 e. The molecule has 1 aliphatic carbocycles. The first-order valence-electron chi connectivity index (χ1n) is 17.1. The van der Waals surface area contributed by atoms with Crippen molar-refractivity contribution in [3.63, 3.8) is 0 Å². The molecule has 0 spiro atoms. The van der Waals surface area contributed by atoms with Crippen molar-refractivity contribution in [2.75, 3.05) is 0 Å². The summed E-state index contributed by atoms with van der Waals surface area (Å²) in [7, 11) is 0. The number of aryl methyl sites for hydroxylation is 3. The first kappa shape index (κ1) is 31.0. The van der Waals surface area contributed by atoms with Crippen molar-refractivity contribution in [1.82, 2.24) is 19.3 Å². The van der Waals surface area contributed by atoms with Crippen LogP contribution in [0, 0.1) is 38.5 Å². The van der Waals surface area contributed by atoms with Gasteiger partial charge in [-0.15, -0.1) is 0 Å². The number of benzene rings is 3. The largest absolute Gasteiger partial charge is 0.457 e. The molecule has 6 aromatic rings. The lowest BCUT2D eigenvalue weighted by Crippen LogP contribution is -2.30. The second kappa shape index (κ2) is 11.9. The van der Waals surface area contributed by atoms with Gasteiger partial charge in [0.25, 0.3) is 0 Å².